The van der Waals surface area contributed by atoms with Gasteiger partial charge in [0.05, 0.1) is 10.2 Å². The average Bonchev–Trinajstić information content (AvgIpc) is 3.20. The zero-order valence-electron chi connectivity index (χ0n) is 20.5. The van der Waals surface area contributed by atoms with E-state index < -0.39 is 5.91 Å². The Bertz CT molecular complexity index is 1670. The van der Waals surface area contributed by atoms with Crippen LogP contribution in [-0.4, -0.2) is 17.1 Å². The number of rotatable bonds is 7. The molecular formula is C30H25N3O3S. The van der Waals surface area contributed by atoms with Gasteiger partial charge in [-0.05, 0) is 61.4 Å². The second-order valence-electron chi connectivity index (χ2n) is 8.32. The van der Waals surface area contributed by atoms with E-state index in [0.29, 0.717) is 28.3 Å². The summed E-state index contributed by atoms with van der Waals surface area (Å²) < 4.78 is 7.64. The molecule has 37 heavy (non-hydrogen) atoms. The van der Waals surface area contributed by atoms with Gasteiger partial charge in [0, 0.05) is 5.69 Å². The Morgan fingerprint density at radius 1 is 1.08 bits per heavy atom. The van der Waals surface area contributed by atoms with E-state index in [2.05, 4.69) is 11.9 Å². The molecule has 1 aromatic heterocycles. The van der Waals surface area contributed by atoms with Gasteiger partial charge in [-0.2, -0.15) is 5.26 Å². The predicted octanol–water partition coefficient (Wildman–Crippen LogP) is 4.22. The molecule has 0 saturated carbocycles. The normalized spacial score (nSPS) is 12.0. The molecule has 0 fully saturated rings. The van der Waals surface area contributed by atoms with Gasteiger partial charge in [-0.3, -0.25) is 14.2 Å². The fraction of sp³-hybridized carbons (Fsp3) is 0.100. The maximum atomic E-state index is 13.6. The highest BCUT2D eigenvalue weighted by Gasteiger charge is 2.18. The third-order valence-corrected chi connectivity index (χ3v) is 6.68. The summed E-state index contributed by atoms with van der Waals surface area (Å²) in [6, 6.07) is 24.0. The van der Waals surface area contributed by atoms with Crippen molar-refractivity contribution in [2.24, 2.45) is 0 Å². The maximum absolute atomic E-state index is 13.6. The van der Waals surface area contributed by atoms with Crippen LogP contribution in [-0.2, 0) is 4.79 Å². The van der Waals surface area contributed by atoms with E-state index in [1.807, 2.05) is 74.5 Å². The first-order valence-corrected chi connectivity index (χ1v) is 12.4. The molecule has 0 atom stereocenters. The molecule has 0 radical (unpaired) electrons. The van der Waals surface area contributed by atoms with Crippen molar-refractivity contribution in [2.45, 2.75) is 13.8 Å². The summed E-state index contributed by atoms with van der Waals surface area (Å²) in [5.74, 6) is 0.110. The summed E-state index contributed by atoms with van der Waals surface area (Å²) in [6.07, 6.45) is 3.41. The van der Waals surface area contributed by atoms with Crippen LogP contribution in [0.2, 0.25) is 0 Å². The molecule has 0 aliphatic heterocycles. The van der Waals surface area contributed by atoms with Gasteiger partial charge in [0.15, 0.2) is 5.57 Å². The molecule has 1 amide bonds. The third-order valence-electron chi connectivity index (χ3n) is 5.59. The number of nitrogens with one attached hydrogen (secondary N) is 1. The van der Waals surface area contributed by atoms with Crippen LogP contribution < -0.4 is 24.8 Å². The molecule has 4 aromatic rings. The molecule has 0 aliphatic carbocycles. The number of anilines is 1. The summed E-state index contributed by atoms with van der Waals surface area (Å²) in [6.45, 7) is 7.87. The number of carbonyl (C=O) groups excluding carboxylic acids is 1. The van der Waals surface area contributed by atoms with E-state index in [9.17, 15) is 14.9 Å². The maximum Gasteiger partial charge on any atom is 0.273 e. The van der Waals surface area contributed by atoms with Crippen molar-refractivity contribution in [1.82, 2.24) is 4.57 Å². The third kappa shape index (κ3) is 5.77. The van der Waals surface area contributed by atoms with Crippen LogP contribution in [0.15, 0.2) is 90.2 Å². The molecule has 3 aromatic carbocycles. The topological polar surface area (TPSA) is 84.1 Å². The van der Waals surface area contributed by atoms with Crippen molar-refractivity contribution in [2.75, 3.05) is 11.9 Å². The minimum atomic E-state index is -0.579. The number of ether oxygens (including phenoxy) is 1. The van der Waals surface area contributed by atoms with Crippen molar-refractivity contribution >= 4 is 34.6 Å². The summed E-state index contributed by atoms with van der Waals surface area (Å²) in [4.78, 5) is 26.8. The summed E-state index contributed by atoms with van der Waals surface area (Å²) in [7, 11) is 0. The molecule has 0 aliphatic rings. The van der Waals surface area contributed by atoms with Gasteiger partial charge in [0.2, 0.25) is 0 Å². The fourth-order valence-corrected chi connectivity index (χ4v) is 4.77. The Morgan fingerprint density at radius 3 is 2.43 bits per heavy atom. The number of amides is 1. The number of carbonyl (C=O) groups is 1. The Hall–Kier alpha value is -4.67. The molecule has 0 spiro atoms. The lowest BCUT2D eigenvalue weighted by molar-refractivity contribution is -0.111. The quantitative estimate of drug-likeness (QED) is 0.380. The lowest BCUT2D eigenvalue weighted by Gasteiger charge is -2.08. The van der Waals surface area contributed by atoms with Crippen molar-refractivity contribution in [1.29, 1.82) is 5.26 Å². The van der Waals surface area contributed by atoms with Crippen molar-refractivity contribution < 1.29 is 9.53 Å². The summed E-state index contributed by atoms with van der Waals surface area (Å²) in [5, 5.41) is 12.8. The minimum absolute atomic E-state index is 0.140. The number of nitriles is 1. The van der Waals surface area contributed by atoms with E-state index in [4.69, 9.17) is 4.74 Å². The summed E-state index contributed by atoms with van der Waals surface area (Å²) in [5.41, 5.74) is 3.41. The van der Waals surface area contributed by atoms with Gasteiger partial charge in [-0.25, -0.2) is 0 Å². The van der Waals surface area contributed by atoms with Crippen LogP contribution in [0, 0.1) is 25.2 Å². The van der Waals surface area contributed by atoms with E-state index in [1.165, 1.54) is 4.57 Å². The number of nitrogens with zero attached hydrogens (tertiary/aromatic N) is 2. The van der Waals surface area contributed by atoms with Crippen molar-refractivity contribution in [3.8, 4) is 17.5 Å². The number of aromatic nitrogens is 1. The second-order valence-corrected chi connectivity index (χ2v) is 9.35. The number of hydrogen-bond donors (Lipinski definition) is 1. The van der Waals surface area contributed by atoms with Gasteiger partial charge in [0.1, 0.15) is 23.1 Å². The standard InChI is InChI=1S/C30H25N3O3S/c1-4-17-36-24-15-11-22(12-16-24)18-27-29(35)33(26-8-6-5-7-21(26)3)30(37-27)25(19-31)28(34)32-23-13-9-20(2)10-14-23/h4-16,18H,1,17H2,2-3H3,(H,32,34)/b27-18-,30-25-. The smallest absolute Gasteiger partial charge is 0.273 e. The largest absolute Gasteiger partial charge is 0.490 e. The van der Waals surface area contributed by atoms with Gasteiger partial charge in [-0.1, -0.05) is 60.7 Å². The van der Waals surface area contributed by atoms with E-state index >= 15 is 0 Å². The lowest BCUT2D eigenvalue weighted by atomic mass is 10.2. The van der Waals surface area contributed by atoms with Crippen LogP contribution in [0.4, 0.5) is 5.69 Å². The van der Waals surface area contributed by atoms with Gasteiger partial charge in [-0.15, -0.1) is 11.3 Å². The van der Waals surface area contributed by atoms with Gasteiger partial charge < -0.3 is 10.1 Å². The molecule has 6 nitrogen and oxygen atoms in total. The average molecular weight is 508 g/mol. The Kier molecular flexibility index (Phi) is 7.82. The molecule has 0 unspecified atom stereocenters. The Labute approximate surface area is 218 Å². The van der Waals surface area contributed by atoms with Crippen LogP contribution in [0.25, 0.3) is 17.3 Å². The molecule has 0 saturated heterocycles. The van der Waals surface area contributed by atoms with Crippen LogP contribution in [0.1, 0.15) is 16.7 Å². The molecule has 0 bridgehead atoms. The van der Waals surface area contributed by atoms with Crippen LogP contribution in [0.3, 0.4) is 0 Å². The molecule has 7 heteroatoms. The number of aryl methyl sites for hydroxylation is 2. The molecule has 184 valence electrons. The lowest BCUT2D eigenvalue weighted by Crippen LogP contribution is -2.32. The van der Waals surface area contributed by atoms with Gasteiger partial charge in [0.25, 0.3) is 11.5 Å². The number of hydrogen-bond acceptors (Lipinski definition) is 5. The number of para-hydroxylation sites is 1. The first-order chi connectivity index (χ1) is 17.9. The molecule has 4 rings (SSSR count). The molecule has 1 heterocycles. The van der Waals surface area contributed by atoms with E-state index in [0.717, 1.165) is 28.0 Å². The van der Waals surface area contributed by atoms with Crippen molar-refractivity contribution in [3.63, 3.8) is 0 Å². The first-order valence-electron chi connectivity index (χ1n) is 11.6. The zero-order valence-corrected chi connectivity index (χ0v) is 21.3. The van der Waals surface area contributed by atoms with E-state index in [1.54, 1.807) is 30.4 Å². The molecular weight excluding hydrogens is 482 g/mol. The Balaban J connectivity index is 1.89. The number of thiazole rings is 1. The SMILES string of the molecule is C=CCOc1ccc(/C=c2\s/c(=C(/C#N)C(=O)Nc3ccc(C)cc3)n(-c3ccccc3C)c2=O)cc1. The fourth-order valence-electron chi connectivity index (χ4n) is 3.68. The predicted molar refractivity (Wildman–Crippen MR) is 148 cm³/mol. The monoisotopic (exact) mass is 507 g/mol. The highest BCUT2D eigenvalue weighted by Crippen LogP contribution is 2.14. The highest BCUT2D eigenvalue weighted by atomic mass is 32.1. The summed E-state index contributed by atoms with van der Waals surface area (Å²) >= 11 is 1.11. The van der Waals surface area contributed by atoms with Gasteiger partial charge >= 0.3 is 0 Å². The number of benzene rings is 3. The highest BCUT2D eigenvalue weighted by molar-refractivity contribution is 7.07. The first kappa shape index (κ1) is 25.4. The van der Waals surface area contributed by atoms with Crippen LogP contribution >= 0.6 is 11.3 Å². The minimum Gasteiger partial charge on any atom is -0.490 e. The van der Waals surface area contributed by atoms with Crippen molar-refractivity contribution in [3.05, 3.63) is 122 Å². The zero-order chi connectivity index (χ0) is 26.4. The second kappa shape index (κ2) is 11.4. The Morgan fingerprint density at radius 2 is 1.78 bits per heavy atom. The molecule has 1 N–H and O–H groups in total. The van der Waals surface area contributed by atoms with E-state index in [-0.39, 0.29) is 15.8 Å². The van der Waals surface area contributed by atoms with Crippen LogP contribution in [0.5, 0.6) is 5.75 Å².